The minimum absolute atomic E-state index is 0.737. The van der Waals surface area contributed by atoms with Crippen molar-refractivity contribution >= 4 is 0 Å². The fourth-order valence-electron chi connectivity index (χ4n) is 6.88. The molecule has 1 N–H and O–H groups in total. The van der Waals surface area contributed by atoms with E-state index in [1.54, 1.807) is 57.8 Å². The summed E-state index contributed by atoms with van der Waals surface area (Å²) in [6.07, 6.45) is 17.2. The SMILES string of the molecule is C1CC2CC1CC2CC1(CNC2CC2)CC2CCC1C2. The lowest BCUT2D eigenvalue weighted by atomic mass is 9.65. The van der Waals surface area contributed by atoms with E-state index in [-0.39, 0.29) is 0 Å². The summed E-state index contributed by atoms with van der Waals surface area (Å²) in [5.74, 6) is 5.60. The van der Waals surface area contributed by atoms with Crippen LogP contribution in [0.15, 0.2) is 0 Å². The molecule has 0 saturated heterocycles. The van der Waals surface area contributed by atoms with Crippen molar-refractivity contribution in [2.75, 3.05) is 6.54 Å². The Morgan fingerprint density at radius 1 is 0.850 bits per heavy atom. The Hall–Kier alpha value is -0.0400. The van der Waals surface area contributed by atoms with Crippen LogP contribution in [-0.2, 0) is 0 Å². The lowest BCUT2D eigenvalue weighted by molar-refractivity contribution is 0.0963. The van der Waals surface area contributed by atoms with Crippen molar-refractivity contribution < 1.29 is 0 Å². The van der Waals surface area contributed by atoms with E-state index in [9.17, 15) is 0 Å². The highest BCUT2D eigenvalue weighted by molar-refractivity contribution is 5.05. The second-order valence-corrected chi connectivity index (χ2v) is 9.24. The van der Waals surface area contributed by atoms with Gasteiger partial charge in [-0.1, -0.05) is 12.8 Å². The van der Waals surface area contributed by atoms with E-state index in [1.165, 1.54) is 19.4 Å². The van der Waals surface area contributed by atoms with E-state index in [2.05, 4.69) is 5.32 Å². The molecule has 5 aliphatic carbocycles. The van der Waals surface area contributed by atoms with Crippen molar-refractivity contribution in [2.45, 2.75) is 76.7 Å². The summed E-state index contributed by atoms with van der Waals surface area (Å²) in [6, 6.07) is 0.908. The lowest BCUT2D eigenvalue weighted by Gasteiger charge is -2.42. The molecule has 5 rings (SSSR count). The van der Waals surface area contributed by atoms with Crippen molar-refractivity contribution in [3.05, 3.63) is 0 Å². The van der Waals surface area contributed by atoms with Crippen LogP contribution in [0.4, 0.5) is 0 Å². The van der Waals surface area contributed by atoms with Crippen LogP contribution in [-0.4, -0.2) is 12.6 Å². The van der Waals surface area contributed by atoms with Gasteiger partial charge in [0.2, 0.25) is 0 Å². The molecule has 1 nitrogen and oxygen atoms in total. The molecular formula is C19H31N. The summed E-state index contributed by atoms with van der Waals surface area (Å²) in [5, 5.41) is 3.94. The van der Waals surface area contributed by atoms with E-state index in [0.29, 0.717) is 0 Å². The van der Waals surface area contributed by atoms with Gasteiger partial charge in [-0.05, 0) is 92.8 Å². The Kier molecular flexibility index (Phi) is 2.80. The monoisotopic (exact) mass is 273 g/mol. The number of hydrogen-bond donors (Lipinski definition) is 1. The minimum atomic E-state index is 0.737. The maximum absolute atomic E-state index is 3.94. The zero-order valence-electron chi connectivity index (χ0n) is 12.9. The Morgan fingerprint density at radius 2 is 1.75 bits per heavy atom. The van der Waals surface area contributed by atoms with Gasteiger partial charge in [-0.25, -0.2) is 0 Å². The predicted molar refractivity (Wildman–Crippen MR) is 82.5 cm³/mol. The molecule has 0 radical (unpaired) electrons. The summed E-state index contributed by atoms with van der Waals surface area (Å²) in [7, 11) is 0. The topological polar surface area (TPSA) is 12.0 Å². The molecule has 5 aliphatic rings. The molecule has 5 saturated carbocycles. The van der Waals surface area contributed by atoms with Gasteiger partial charge in [-0.15, -0.1) is 0 Å². The van der Waals surface area contributed by atoms with Gasteiger partial charge in [0.15, 0.2) is 0 Å². The highest BCUT2D eigenvalue weighted by Crippen LogP contribution is 2.61. The third kappa shape index (κ3) is 1.99. The van der Waals surface area contributed by atoms with Gasteiger partial charge < -0.3 is 5.32 Å². The Labute approximate surface area is 124 Å². The van der Waals surface area contributed by atoms with Gasteiger partial charge in [-0.2, -0.15) is 0 Å². The number of hydrogen-bond acceptors (Lipinski definition) is 1. The molecule has 6 unspecified atom stereocenters. The van der Waals surface area contributed by atoms with E-state index in [4.69, 9.17) is 0 Å². The molecule has 4 bridgehead atoms. The van der Waals surface area contributed by atoms with Crippen LogP contribution < -0.4 is 5.32 Å². The molecule has 1 heteroatoms. The molecule has 0 aliphatic heterocycles. The van der Waals surface area contributed by atoms with Gasteiger partial charge in [-0.3, -0.25) is 0 Å². The summed E-state index contributed by atoms with van der Waals surface area (Å²) in [5.41, 5.74) is 0.737. The van der Waals surface area contributed by atoms with Crippen molar-refractivity contribution in [1.29, 1.82) is 0 Å². The Bertz CT molecular complexity index is 387. The number of fused-ring (bicyclic) bond motifs is 4. The molecular weight excluding hydrogens is 242 g/mol. The zero-order chi connectivity index (χ0) is 13.2. The van der Waals surface area contributed by atoms with Crippen molar-refractivity contribution in [1.82, 2.24) is 5.32 Å². The molecule has 0 heterocycles. The third-order valence-electron chi connectivity index (χ3n) is 7.98. The highest BCUT2D eigenvalue weighted by atomic mass is 15.0. The second-order valence-electron chi connectivity index (χ2n) is 9.24. The number of rotatable bonds is 5. The van der Waals surface area contributed by atoms with Crippen molar-refractivity contribution in [3.8, 4) is 0 Å². The fourth-order valence-corrected chi connectivity index (χ4v) is 6.88. The standard InChI is InChI=1S/C19H31N/c1-3-15-7-13(1)8-16(15)11-19(12-20-18-5-6-18)10-14-2-4-17(19)9-14/h13-18,20H,1-12H2. The Morgan fingerprint density at radius 3 is 2.35 bits per heavy atom. The average Bonchev–Trinajstić information content (AvgIpc) is 2.86. The van der Waals surface area contributed by atoms with Crippen LogP contribution in [0.5, 0.6) is 0 Å². The Balaban J connectivity index is 1.32. The van der Waals surface area contributed by atoms with Crippen LogP contribution >= 0.6 is 0 Å². The maximum Gasteiger partial charge on any atom is 0.00684 e. The molecule has 0 aromatic rings. The van der Waals surface area contributed by atoms with Gasteiger partial charge >= 0.3 is 0 Å². The first-order valence-corrected chi connectivity index (χ1v) is 9.54. The minimum Gasteiger partial charge on any atom is -0.313 e. The first-order valence-electron chi connectivity index (χ1n) is 9.54. The predicted octanol–water partition coefficient (Wildman–Crippen LogP) is 4.37. The van der Waals surface area contributed by atoms with Crippen LogP contribution in [0.3, 0.4) is 0 Å². The summed E-state index contributed by atoms with van der Waals surface area (Å²) in [6.45, 7) is 1.38. The molecule has 0 spiro atoms. The summed E-state index contributed by atoms with van der Waals surface area (Å²) >= 11 is 0. The first kappa shape index (κ1) is 12.5. The van der Waals surface area contributed by atoms with Crippen LogP contribution in [0, 0.1) is 35.0 Å². The van der Waals surface area contributed by atoms with E-state index < -0.39 is 0 Å². The molecule has 0 aromatic heterocycles. The first-order chi connectivity index (χ1) is 9.81. The smallest absolute Gasteiger partial charge is 0.00684 e. The van der Waals surface area contributed by atoms with Crippen LogP contribution in [0.1, 0.15) is 70.6 Å². The van der Waals surface area contributed by atoms with Gasteiger partial charge in [0, 0.05) is 12.6 Å². The molecule has 0 aromatic carbocycles. The molecule has 20 heavy (non-hydrogen) atoms. The second kappa shape index (κ2) is 4.48. The molecule has 112 valence electrons. The molecule has 0 amide bonds. The van der Waals surface area contributed by atoms with Gasteiger partial charge in [0.1, 0.15) is 0 Å². The maximum atomic E-state index is 3.94. The molecule has 6 atom stereocenters. The van der Waals surface area contributed by atoms with Gasteiger partial charge in [0.25, 0.3) is 0 Å². The van der Waals surface area contributed by atoms with Crippen molar-refractivity contribution in [2.24, 2.45) is 35.0 Å². The summed E-state index contributed by atoms with van der Waals surface area (Å²) in [4.78, 5) is 0. The van der Waals surface area contributed by atoms with E-state index in [0.717, 1.165) is 41.0 Å². The fraction of sp³-hybridized carbons (Fsp3) is 1.00. The van der Waals surface area contributed by atoms with E-state index >= 15 is 0 Å². The zero-order valence-corrected chi connectivity index (χ0v) is 12.9. The normalized spacial score (nSPS) is 53.1. The average molecular weight is 273 g/mol. The van der Waals surface area contributed by atoms with Crippen LogP contribution in [0.25, 0.3) is 0 Å². The number of nitrogens with one attached hydrogen (secondary N) is 1. The quantitative estimate of drug-likeness (QED) is 0.784. The highest BCUT2D eigenvalue weighted by Gasteiger charge is 2.53. The summed E-state index contributed by atoms with van der Waals surface area (Å²) < 4.78 is 0. The van der Waals surface area contributed by atoms with Crippen molar-refractivity contribution in [3.63, 3.8) is 0 Å². The molecule has 5 fully saturated rings. The van der Waals surface area contributed by atoms with Crippen LogP contribution in [0.2, 0.25) is 0 Å². The largest absolute Gasteiger partial charge is 0.313 e. The lowest BCUT2D eigenvalue weighted by Crippen LogP contribution is -2.41. The van der Waals surface area contributed by atoms with Gasteiger partial charge in [0.05, 0.1) is 0 Å². The third-order valence-corrected chi connectivity index (χ3v) is 7.98. The van der Waals surface area contributed by atoms with E-state index in [1.807, 2.05) is 0 Å².